The number of aryl methyl sites for hydroxylation is 1. The molecule has 1 aromatic carbocycles. The number of nitrogens with one attached hydrogen (secondary N) is 1. The molecule has 0 unspecified atom stereocenters. The van der Waals surface area contributed by atoms with Crippen LogP contribution in [-0.2, 0) is 6.42 Å². The van der Waals surface area contributed by atoms with Crippen LogP contribution in [-0.4, -0.2) is 12.5 Å². The molecule has 2 rings (SSSR count). The summed E-state index contributed by atoms with van der Waals surface area (Å²) in [4.78, 5) is 12.0. The van der Waals surface area contributed by atoms with Crippen LogP contribution < -0.4 is 5.32 Å². The van der Waals surface area contributed by atoms with E-state index in [-0.39, 0.29) is 5.91 Å². The second kappa shape index (κ2) is 5.83. The van der Waals surface area contributed by atoms with Gasteiger partial charge in [-0.3, -0.25) is 4.79 Å². The van der Waals surface area contributed by atoms with Crippen LogP contribution in [0.4, 0.5) is 0 Å². The van der Waals surface area contributed by atoms with Crippen molar-refractivity contribution in [2.45, 2.75) is 20.3 Å². The van der Waals surface area contributed by atoms with Gasteiger partial charge in [-0.1, -0.05) is 12.1 Å². The largest absolute Gasteiger partial charge is 0.352 e. The molecule has 0 saturated carbocycles. The van der Waals surface area contributed by atoms with Crippen LogP contribution in [0.3, 0.4) is 0 Å². The summed E-state index contributed by atoms with van der Waals surface area (Å²) in [6.45, 7) is 4.70. The second-order valence-electron chi connectivity index (χ2n) is 4.38. The number of benzene rings is 1. The van der Waals surface area contributed by atoms with E-state index in [0.717, 1.165) is 23.1 Å². The predicted molar refractivity (Wildman–Crippen MR) is 76.3 cm³/mol. The lowest BCUT2D eigenvalue weighted by Gasteiger charge is -2.09. The highest BCUT2D eigenvalue weighted by molar-refractivity contribution is 7.07. The van der Waals surface area contributed by atoms with Crippen molar-refractivity contribution in [1.29, 1.82) is 0 Å². The minimum atomic E-state index is 0.0198. The van der Waals surface area contributed by atoms with Crippen molar-refractivity contribution in [3.05, 3.63) is 57.3 Å². The Kier molecular flexibility index (Phi) is 4.15. The van der Waals surface area contributed by atoms with E-state index in [9.17, 15) is 4.79 Å². The fraction of sp³-hybridized carbons (Fsp3) is 0.267. The Morgan fingerprint density at radius 2 is 2.11 bits per heavy atom. The SMILES string of the molecule is Cc1cccc(C(=O)NCCc2ccsc2)c1C. The zero-order valence-electron chi connectivity index (χ0n) is 10.7. The van der Waals surface area contributed by atoms with Crippen LogP contribution in [0.1, 0.15) is 27.0 Å². The molecular formula is C15H17NOS. The molecule has 0 aliphatic heterocycles. The smallest absolute Gasteiger partial charge is 0.251 e. The van der Waals surface area contributed by atoms with Gasteiger partial charge in [-0.25, -0.2) is 0 Å². The molecule has 94 valence electrons. The Balaban J connectivity index is 1.93. The molecule has 1 aromatic heterocycles. The zero-order chi connectivity index (χ0) is 13.0. The van der Waals surface area contributed by atoms with Gasteiger partial charge in [0.2, 0.25) is 0 Å². The topological polar surface area (TPSA) is 29.1 Å². The van der Waals surface area contributed by atoms with E-state index in [4.69, 9.17) is 0 Å². The van der Waals surface area contributed by atoms with E-state index in [1.165, 1.54) is 5.56 Å². The third kappa shape index (κ3) is 2.99. The lowest BCUT2D eigenvalue weighted by molar-refractivity contribution is 0.0953. The summed E-state index contributed by atoms with van der Waals surface area (Å²) in [5.41, 5.74) is 4.27. The Morgan fingerprint density at radius 3 is 2.83 bits per heavy atom. The highest BCUT2D eigenvalue weighted by atomic mass is 32.1. The fourth-order valence-corrected chi connectivity index (χ4v) is 2.55. The molecule has 1 amide bonds. The number of carbonyl (C=O) groups excluding carboxylic acids is 1. The van der Waals surface area contributed by atoms with Gasteiger partial charge in [0.1, 0.15) is 0 Å². The molecule has 0 spiro atoms. The molecule has 0 radical (unpaired) electrons. The lowest BCUT2D eigenvalue weighted by Crippen LogP contribution is -2.26. The van der Waals surface area contributed by atoms with Crippen LogP contribution in [0.15, 0.2) is 35.0 Å². The first-order valence-electron chi connectivity index (χ1n) is 6.04. The summed E-state index contributed by atoms with van der Waals surface area (Å²) in [5, 5.41) is 7.14. The summed E-state index contributed by atoms with van der Waals surface area (Å²) in [6, 6.07) is 7.92. The highest BCUT2D eigenvalue weighted by Gasteiger charge is 2.09. The number of thiophene rings is 1. The molecule has 0 atom stereocenters. The maximum atomic E-state index is 12.0. The van der Waals surface area contributed by atoms with Gasteiger partial charge >= 0.3 is 0 Å². The molecule has 2 nitrogen and oxygen atoms in total. The van der Waals surface area contributed by atoms with Gasteiger partial charge in [0.25, 0.3) is 5.91 Å². The Hall–Kier alpha value is -1.61. The summed E-state index contributed by atoms with van der Waals surface area (Å²) in [6.07, 6.45) is 0.889. The first-order chi connectivity index (χ1) is 8.68. The minimum Gasteiger partial charge on any atom is -0.352 e. The molecule has 3 heteroatoms. The summed E-state index contributed by atoms with van der Waals surface area (Å²) < 4.78 is 0. The summed E-state index contributed by atoms with van der Waals surface area (Å²) in [5.74, 6) is 0.0198. The highest BCUT2D eigenvalue weighted by Crippen LogP contribution is 2.12. The molecule has 0 aliphatic rings. The van der Waals surface area contributed by atoms with Gasteiger partial charge in [0.15, 0.2) is 0 Å². The van der Waals surface area contributed by atoms with Crippen molar-refractivity contribution in [3.8, 4) is 0 Å². The van der Waals surface area contributed by atoms with Crippen molar-refractivity contribution in [2.24, 2.45) is 0 Å². The third-order valence-electron chi connectivity index (χ3n) is 3.13. The number of hydrogen-bond donors (Lipinski definition) is 1. The van der Waals surface area contributed by atoms with Gasteiger partial charge < -0.3 is 5.32 Å². The monoisotopic (exact) mass is 259 g/mol. The average Bonchev–Trinajstić information content (AvgIpc) is 2.85. The summed E-state index contributed by atoms with van der Waals surface area (Å²) >= 11 is 1.69. The van der Waals surface area contributed by atoms with Gasteiger partial charge in [-0.15, -0.1) is 0 Å². The van der Waals surface area contributed by atoms with Crippen molar-refractivity contribution in [1.82, 2.24) is 5.32 Å². The van der Waals surface area contributed by atoms with Gasteiger partial charge in [0.05, 0.1) is 0 Å². The third-order valence-corrected chi connectivity index (χ3v) is 3.86. The predicted octanol–water partition coefficient (Wildman–Crippen LogP) is 3.34. The fourth-order valence-electron chi connectivity index (χ4n) is 1.85. The average molecular weight is 259 g/mol. The Bertz CT molecular complexity index is 531. The van der Waals surface area contributed by atoms with Crippen LogP contribution >= 0.6 is 11.3 Å². The minimum absolute atomic E-state index is 0.0198. The molecule has 0 fully saturated rings. The Morgan fingerprint density at radius 1 is 1.28 bits per heavy atom. The van der Waals surface area contributed by atoms with E-state index >= 15 is 0 Å². The molecule has 2 aromatic rings. The molecule has 0 bridgehead atoms. The van der Waals surface area contributed by atoms with E-state index < -0.39 is 0 Å². The van der Waals surface area contributed by atoms with Crippen LogP contribution in [0, 0.1) is 13.8 Å². The normalized spacial score (nSPS) is 10.3. The maximum Gasteiger partial charge on any atom is 0.251 e. The number of carbonyl (C=O) groups is 1. The van der Waals surface area contributed by atoms with Crippen molar-refractivity contribution >= 4 is 17.2 Å². The van der Waals surface area contributed by atoms with Crippen LogP contribution in [0.2, 0.25) is 0 Å². The first-order valence-corrected chi connectivity index (χ1v) is 6.98. The molecule has 0 aliphatic carbocycles. The second-order valence-corrected chi connectivity index (χ2v) is 5.17. The standard InChI is InChI=1S/C15H17NOS/c1-11-4-3-5-14(12(11)2)15(17)16-8-6-13-7-9-18-10-13/h3-5,7,9-10H,6,8H2,1-2H3,(H,16,17). The van der Waals surface area contributed by atoms with Crippen molar-refractivity contribution < 1.29 is 4.79 Å². The first kappa shape index (κ1) is 12.8. The van der Waals surface area contributed by atoms with Crippen LogP contribution in [0.5, 0.6) is 0 Å². The number of amides is 1. The van der Waals surface area contributed by atoms with E-state index in [1.807, 2.05) is 32.0 Å². The number of rotatable bonds is 4. The van der Waals surface area contributed by atoms with Crippen molar-refractivity contribution in [3.63, 3.8) is 0 Å². The zero-order valence-corrected chi connectivity index (χ0v) is 11.5. The molecule has 0 saturated heterocycles. The Labute approximate surface area is 112 Å². The van der Waals surface area contributed by atoms with Gasteiger partial charge in [0, 0.05) is 12.1 Å². The van der Waals surface area contributed by atoms with E-state index in [0.29, 0.717) is 6.54 Å². The molecule has 1 heterocycles. The molecule has 1 N–H and O–H groups in total. The van der Waals surface area contributed by atoms with Gasteiger partial charge in [-0.2, -0.15) is 11.3 Å². The molecular weight excluding hydrogens is 242 g/mol. The van der Waals surface area contributed by atoms with Crippen LogP contribution in [0.25, 0.3) is 0 Å². The number of hydrogen-bond acceptors (Lipinski definition) is 2. The molecule has 18 heavy (non-hydrogen) atoms. The van der Waals surface area contributed by atoms with Crippen molar-refractivity contribution in [2.75, 3.05) is 6.54 Å². The van der Waals surface area contributed by atoms with E-state index in [1.54, 1.807) is 11.3 Å². The quantitative estimate of drug-likeness (QED) is 0.896. The summed E-state index contributed by atoms with van der Waals surface area (Å²) in [7, 11) is 0. The van der Waals surface area contributed by atoms with E-state index in [2.05, 4.69) is 22.1 Å². The van der Waals surface area contributed by atoms with Gasteiger partial charge in [-0.05, 0) is 59.9 Å². The lowest BCUT2D eigenvalue weighted by atomic mass is 10.0. The maximum absolute atomic E-state index is 12.0.